The van der Waals surface area contributed by atoms with Crippen molar-refractivity contribution in [3.8, 4) is 0 Å². The monoisotopic (exact) mass is 239 g/mol. The molecule has 5 nitrogen and oxygen atoms in total. The van der Waals surface area contributed by atoms with Gasteiger partial charge in [0.25, 0.3) is 0 Å². The summed E-state index contributed by atoms with van der Waals surface area (Å²) in [6, 6.07) is 0.504. The summed E-state index contributed by atoms with van der Waals surface area (Å²) in [5.74, 6) is 0. The molecule has 1 saturated carbocycles. The van der Waals surface area contributed by atoms with Gasteiger partial charge >= 0.3 is 0 Å². The molecule has 1 aliphatic carbocycles. The minimum Gasteiger partial charge on any atom is -0.390 e. The number of ether oxygens (including phenoxy) is 1. The van der Waals surface area contributed by atoms with E-state index in [-0.39, 0.29) is 0 Å². The van der Waals surface area contributed by atoms with Crippen molar-refractivity contribution in [1.82, 2.24) is 15.0 Å². The van der Waals surface area contributed by atoms with E-state index in [0.717, 1.165) is 5.69 Å². The maximum atomic E-state index is 9.62. The Morgan fingerprint density at radius 1 is 1.47 bits per heavy atom. The molecule has 1 heterocycles. The minimum atomic E-state index is -0.489. The maximum absolute atomic E-state index is 9.62. The molecular formula is C12H21N3O2. The first-order valence-corrected chi connectivity index (χ1v) is 6.37. The standard InChI is InChI=1S/C12H21N3O2/c1-17-9-12(16)7-10-8-15(14-13-10)11-5-3-2-4-6-11/h8,11-12,16H,2-7,9H2,1H3. The van der Waals surface area contributed by atoms with E-state index in [1.165, 1.54) is 32.1 Å². The number of aromatic nitrogens is 3. The van der Waals surface area contributed by atoms with Gasteiger partial charge in [-0.25, -0.2) is 4.68 Å². The molecule has 1 aromatic rings. The largest absolute Gasteiger partial charge is 0.390 e. The molecule has 1 N–H and O–H groups in total. The van der Waals surface area contributed by atoms with Crippen LogP contribution >= 0.6 is 0 Å². The molecule has 0 aliphatic heterocycles. The van der Waals surface area contributed by atoms with Gasteiger partial charge in [-0.3, -0.25) is 0 Å². The van der Waals surface area contributed by atoms with E-state index >= 15 is 0 Å². The fraction of sp³-hybridized carbons (Fsp3) is 0.833. The molecular weight excluding hydrogens is 218 g/mol. The first-order valence-electron chi connectivity index (χ1n) is 6.37. The van der Waals surface area contributed by atoms with Gasteiger partial charge in [0.2, 0.25) is 0 Å². The second-order valence-corrected chi connectivity index (χ2v) is 4.80. The number of aliphatic hydroxyl groups is 1. The van der Waals surface area contributed by atoms with Crippen LogP contribution in [-0.2, 0) is 11.2 Å². The Morgan fingerprint density at radius 3 is 2.94 bits per heavy atom. The van der Waals surface area contributed by atoms with Gasteiger partial charge in [0.05, 0.1) is 24.4 Å². The number of hydrogen-bond acceptors (Lipinski definition) is 4. The average Bonchev–Trinajstić information content (AvgIpc) is 2.79. The molecule has 0 saturated heterocycles. The highest BCUT2D eigenvalue weighted by molar-refractivity contribution is 4.96. The van der Waals surface area contributed by atoms with Gasteiger partial charge in [-0.1, -0.05) is 24.5 Å². The highest BCUT2D eigenvalue weighted by atomic mass is 16.5. The minimum absolute atomic E-state index is 0.344. The summed E-state index contributed by atoms with van der Waals surface area (Å²) in [5.41, 5.74) is 0.847. The zero-order chi connectivity index (χ0) is 12.1. The predicted molar refractivity (Wildman–Crippen MR) is 63.7 cm³/mol. The zero-order valence-electron chi connectivity index (χ0n) is 10.4. The summed E-state index contributed by atoms with van der Waals surface area (Å²) in [6.45, 7) is 0.344. The first-order chi connectivity index (χ1) is 8.29. The van der Waals surface area contributed by atoms with E-state index in [9.17, 15) is 5.11 Å². The molecule has 17 heavy (non-hydrogen) atoms. The summed E-state index contributed by atoms with van der Waals surface area (Å²) in [7, 11) is 1.59. The lowest BCUT2D eigenvalue weighted by Gasteiger charge is -2.20. The lowest BCUT2D eigenvalue weighted by molar-refractivity contribution is 0.0644. The number of methoxy groups -OCH3 is 1. The smallest absolute Gasteiger partial charge is 0.0853 e. The molecule has 1 fully saturated rings. The van der Waals surface area contributed by atoms with Crippen LogP contribution in [0.4, 0.5) is 0 Å². The second kappa shape index (κ2) is 6.12. The van der Waals surface area contributed by atoms with Crippen molar-refractivity contribution in [2.75, 3.05) is 13.7 Å². The normalized spacial score (nSPS) is 19.4. The summed E-state index contributed by atoms with van der Waals surface area (Å²) in [6.07, 6.45) is 8.29. The van der Waals surface area contributed by atoms with E-state index in [1.807, 2.05) is 10.9 Å². The predicted octanol–water partition coefficient (Wildman–Crippen LogP) is 1.33. The second-order valence-electron chi connectivity index (χ2n) is 4.80. The van der Waals surface area contributed by atoms with Crippen molar-refractivity contribution in [2.24, 2.45) is 0 Å². The van der Waals surface area contributed by atoms with Gasteiger partial charge in [-0.05, 0) is 12.8 Å². The molecule has 0 radical (unpaired) electrons. The van der Waals surface area contributed by atoms with Crippen LogP contribution in [0.25, 0.3) is 0 Å². The van der Waals surface area contributed by atoms with Gasteiger partial charge in [0, 0.05) is 19.7 Å². The molecule has 0 spiro atoms. The van der Waals surface area contributed by atoms with Gasteiger partial charge in [0.15, 0.2) is 0 Å². The number of nitrogens with zero attached hydrogens (tertiary/aromatic N) is 3. The Hall–Kier alpha value is -0.940. The molecule has 0 bridgehead atoms. The summed E-state index contributed by atoms with van der Waals surface area (Å²) >= 11 is 0. The van der Waals surface area contributed by atoms with Crippen molar-refractivity contribution in [3.63, 3.8) is 0 Å². The molecule has 1 aromatic heterocycles. The number of rotatable bonds is 5. The Balaban J connectivity index is 1.90. The molecule has 96 valence electrons. The molecule has 0 aromatic carbocycles. The van der Waals surface area contributed by atoms with Gasteiger partial charge in [0.1, 0.15) is 0 Å². The third-order valence-corrected chi connectivity index (χ3v) is 3.31. The maximum Gasteiger partial charge on any atom is 0.0853 e. The Morgan fingerprint density at radius 2 is 2.24 bits per heavy atom. The SMILES string of the molecule is COCC(O)Cc1cn(C2CCCCC2)nn1. The lowest BCUT2D eigenvalue weighted by Crippen LogP contribution is -2.17. The number of hydrogen-bond donors (Lipinski definition) is 1. The van der Waals surface area contributed by atoms with Crippen molar-refractivity contribution >= 4 is 0 Å². The quantitative estimate of drug-likeness (QED) is 0.842. The van der Waals surface area contributed by atoms with Crippen molar-refractivity contribution in [3.05, 3.63) is 11.9 Å². The molecule has 1 atom stereocenters. The van der Waals surface area contributed by atoms with E-state index < -0.39 is 6.10 Å². The Kier molecular flexibility index (Phi) is 4.50. The third kappa shape index (κ3) is 3.51. The molecule has 1 aliphatic rings. The molecule has 0 amide bonds. The molecule has 5 heteroatoms. The average molecular weight is 239 g/mol. The fourth-order valence-electron chi connectivity index (χ4n) is 2.42. The molecule has 2 rings (SSSR count). The van der Waals surface area contributed by atoms with Crippen LogP contribution in [0.3, 0.4) is 0 Å². The highest BCUT2D eigenvalue weighted by Gasteiger charge is 2.17. The van der Waals surface area contributed by atoms with Crippen molar-refractivity contribution < 1.29 is 9.84 Å². The van der Waals surface area contributed by atoms with E-state index in [4.69, 9.17) is 4.74 Å². The fourth-order valence-corrected chi connectivity index (χ4v) is 2.42. The van der Waals surface area contributed by atoms with E-state index in [0.29, 0.717) is 19.1 Å². The summed E-state index contributed by atoms with van der Waals surface area (Å²) < 4.78 is 6.86. The zero-order valence-corrected chi connectivity index (χ0v) is 10.4. The topological polar surface area (TPSA) is 60.2 Å². The highest BCUT2D eigenvalue weighted by Crippen LogP contribution is 2.27. The summed E-state index contributed by atoms with van der Waals surface area (Å²) in [5, 5.41) is 17.9. The van der Waals surface area contributed by atoms with E-state index in [1.54, 1.807) is 7.11 Å². The van der Waals surface area contributed by atoms with Crippen LogP contribution in [0.1, 0.15) is 43.8 Å². The van der Waals surface area contributed by atoms with E-state index in [2.05, 4.69) is 10.3 Å². The van der Waals surface area contributed by atoms with Crippen LogP contribution in [0.5, 0.6) is 0 Å². The van der Waals surface area contributed by atoms with Gasteiger partial charge in [-0.2, -0.15) is 0 Å². The van der Waals surface area contributed by atoms with Crippen LogP contribution in [0.2, 0.25) is 0 Å². The van der Waals surface area contributed by atoms with Crippen molar-refractivity contribution in [1.29, 1.82) is 0 Å². The van der Waals surface area contributed by atoms with Gasteiger partial charge < -0.3 is 9.84 Å². The molecule has 1 unspecified atom stereocenters. The van der Waals surface area contributed by atoms with Crippen LogP contribution in [-0.4, -0.2) is 39.9 Å². The van der Waals surface area contributed by atoms with Crippen LogP contribution in [0.15, 0.2) is 6.20 Å². The van der Waals surface area contributed by atoms with Crippen molar-refractivity contribution in [2.45, 2.75) is 50.7 Å². The number of aliphatic hydroxyl groups excluding tert-OH is 1. The summed E-state index contributed by atoms with van der Waals surface area (Å²) in [4.78, 5) is 0. The van der Waals surface area contributed by atoms with Crippen LogP contribution < -0.4 is 0 Å². The van der Waals surface area contributed by atoms with Gasteiger partial charge in [-0.15, -0.1) is 5.10 Å². The van der Waals surface area contributed by atoms with Crippen LogP contribution in [0, 0.1) is 0 Å². The lowest BCUT2D eigenvalue weighted by atomic mass is 9.96. The first kappa shape index (κ1) is 12.5. The Bertz CT molecular complexity index is 334. The Labute approximate surface area is 102 Å². The third-order valence-electron chi connectivity index (χ3n) is 3.31.